The van der Waals surface area contributed by atoms with Crippen molar-refractivity contribution in [2.45, 2.75) is 0 Å². The van der Waals surface area contributed by atoms with Gasteiger partial charge in [-0.05, 0) is 212 Å². The molecule has 6 aromatic heterocycles. The quantitative estimate of drug-likeness (QED) is 0.118. The van der Waals surface area contributed by atoms with Crippen LogP contribution in [0.25, 0.3) is 305 Å². The van der Waals surface area contributed by atoms with Crippen LogP contribution in [0, 0.1) is 0 Å². The second kappa shape index (κ2) is 33.4. The Kier molecular flexibility index (Phi) is 18.9. The van der Waals surface area contributed by atoms with E-state index in [0.29, 0.717) is 40.9 Å². The number of hydrogen-bond acceptors (Lipinski definition) is 8. The van der Waals surface area contributed by atoms with Gasteiger partial charge < -0.3 is 9.13 Å². The minimum Gasteiger partial charge on any atom is -0.309 e. The predicted octanol–water partition coefficient (Wildman–Crippen LogP) is 34.7. The first-order chi connectivity index (χ1) is 72.9. The van der Waals surface area contributed by atoms with Crippen LogP contribution in [0.5, 0.6) is 0 Å². The van der Waals surface area contributed by atoms with Crippen LogP contribution < -0.4 is 0 Å². The smallest absolute Gasteiger partial charge is 0.235 e. The summed E-state index contributed by atoms with van der Waals surface area (Å²) in [6.45, 7) is 0. The first-order valence-corrected chi connectivity index (χ1v) is 49.9. The third-order valence-electron chi connectivity index (χ3n) is 30.1. The SMILES string of the molecule is c1ccc(-c2cc(-c3ccccc3)nc(-n3c4cccc5c4c4c6c(cc7ccccc7c6ccc43)-c3ccccc3-5)n2)cc1.c1ccc(-c2nc(-c3ccccc3)nc(-c3ccc(-n4c5cccc6c5c5c7c(cc8ccccc8c7ccc54)-c4ccccc4-6)cc3)n2)cc1.c1ccc(-c2nc(-c3ccccc3)nc(-c3cccc(-n4c5cccc6c5c5c7c(cc8ccccc8c7ccc54)-c4ccccc4-6)c3)n2)cc1. The minimum absolute atomic E-state index is 0.639. The maximum absolute atomic E-state index is 5.27. The summed E-state index contributed by atoms with van der Waals surface area (Å²) in [7, 11) is 0. The van der Waals surface area contributed by atoms with Gasteiger partial charge in [0.15, 0.2) is 34.9 Å². The lowest BCUT2D eigenvalue weighted by Gasteiger charge is -2.15. The van der Waals surface area contributed by atoms with E-state index in [0.717, 1.165) is 78.3 Å². The Morgan fingerprint density at radius 2 is 0.388 bits per heavy atom. The molecule has 0 radical (unpaired) electrons. The molecule has 0 bridgehead atoms. The lowest BCUT2D eigenvalue weighted by Crippen LogP contribution is -2.04. The molecule has 23 aromatic carbocycles. The Morgan fingerprint density at radius 1 is 0.129 bits per heavy atom. The lowest BCUT2D eigenvalue weighted by molar-refractivity contribution is 0.996. The van der Waals surface area contributed by atoms with Gasteiger partial charge in [0.2, 0.25) is 5.95 Å². The van der Waals surface area contributed by atoms with E-state index in [1.54, 1.807) is 0 Å². The Bertz CT molecular complexity index is 10400. The average molecular weight is 1870 g/mol. The van der Waals surface area contributed by atoms with E-state index in [1.165, 1.54) is 186 Å². The molecule has 0 saturated carbocycles. The molecule has 29 aromatic rings. The third-order valence-corrected chi connectivity index (χ3v) is 30.1. The summed E-state index contributed by atoms with van der Waals surface area (Å²) in [6.07, 6.45) is 0. The van der Waals surface area contributed by atoms with Crippen LogP contribution in [-0.2, 0) is 0 Å². The highest BCUT2D eigenvalue weighted by atomic mass is 15.2. The summed E-state index contributed by atoms with van der Waals surface area (Å²) < 4.78 is 7.11. The van der Waals surface area contributed by atoms with Gasteiger partial charge in [-0.1, -0.05) is 394 Å². The molecule has 3 aliphatic rings. The van der Waals surface area contributed by atoms with E-state index in [-0.39, 0.29) is 0 Å². The first-order valence-electron chi connectivity index (χ1n) is 49.9. The molecule has 0 saturated heterocycles. The highest BCUT2D eigenvalue weighted by Gasteiger charge is 2.32. The maximum atomic E-state index is 5.27. The summed E-state index contributed by atoms with van der Waals surface area (Å²) in [5.74, 6) is 4.57. The molecule has 0 aliphatic heterocycles. The standard InChI is InChI=1S/2C47H28N4.C42H25N3/c1-3-13-29(14-4-1)45-48-46(30-15-5-2-6-16-30)50-47(49-45)32-18-11-19-33(27-32)51-40-24-12-23-37-35-21-9-10-22-36(35)39-28-31-17-7-8-20-34(31)38-25-26-41(51)44(42(38)39)43(37)40;1-3-12-29(13-4-1)45-48-46(30-14-5-2-6-15-30)50-47(49-45)31-22-24-33(25-23-31)51-40-21-11-20-37-35-18-9-10-19-36(35)39-28-32-16-7-8-17-34(32)38-26-27-41(51)44(42(38)39)43(37)40;1-3-12-26(13-4-1)35-25-36(27-14-5-2-6-15-27)44-42(43-35)45-37-21-11-20-32-30-18-9-10-19-31(30)34-24-28-16-7-8-17-29(28)33-22-23-38(45)41(39(33)34)40(32)37/h2*1-28H;1-25H. The van der Waals surface area contributed by atoms with Crippen molar-refractivity contribution < 1.29 is 0 Å². The van der Waals surface area contributed by atoms with E-state index in [4.69, 9.17) is 39.9 Å². The molecule has 11 nitrogen and oxygen atoms in total. The highest BCUT2D eigenvalue weighted by Crippen LogP contribution is 2.56. The van der Waals surface area contributed by atoms with Crippen LogP contribution in [0.1, 0.15) is 0 Å². The summed E-state index contributed by atoms with van der Waals surface area (Å²) >= 11 is 0. The second-order valence-corrected chi connectivity index (χ2v) is 38.2. The number of aromatic nitrogens is 11. The third kappa shape index (κ3) is 13.2. The topological polar surface area (TPSA) is 118 Å². The number of rotatable bonds is 11. The van der Waals surface area contributed by atoms with Crippen molar-refractivity contribution in [2.24, 2.45) is 0 Å². The number of nitrogens with zero attached hydrogens (tertiary/aromatic N) is 11. The van der Waals surface area contributed by atoms with Gasteiger partial charge in [-0.3, -0.25) is 4.57 Å². The van der Waals surface area contributed by atoms with E-state index in [1.807, 2.05) is 133 Å². The number of benzene rings is 23. The van der Waals surface area contributed by atoms with Gasteiger partial charge in [0.25, 0.3) is 0 Å². The fraction of sp³-hybridized carbons (Fsp3) is 0. The fourth-order valence-corrected chi connectivity index (χ4v) is 23.7. The van der Waals surface area contributed by atoms with Crippen molar-refractivity contribution in [1.29, 1.82) is 0 Å². The Labute approximate surface area is 844 Å². The normalized spacial score (nSPS) is 11.9. The van der Waals surface area contributed by atoms with Crippen molar-refractivity contribution >= 4 is 130 Å². The summed E-state index contributed by atoms with van der Waals surface area (Å²) in [5.41, 5.74) is 33.9. The van der Waals surface area contributed by atoms with Crippen LogP contribution in [0.3, 0.4) is 0 Å². The van der Waals surface area contributed by atoms with Crippen LogP contribution in [0.2, 0.25) is 0 Å². The zero-order chi connectivity index (χ0) is 96.4. The molecule has 32 rings (SSSR count). The first kappa shape index (κ1) is 83.0. The average Bonchev–Trinajstić information content (AvgIpc) is 1.54. The predicted molar refractivity (Wildman–Crippen MR) is 607 cm³/mol. The van der Waals surface area contributed by atoms with Crippen molar-refractivity contribution in [3.63, 3.8) is 0 Å². The van der Waals surface area contributed by atoms with E-state index in [9.17, 15) is 0 Å². The molecular weight excluding hydrogens is 1790 g/mol. The Hall–Kier alpha value is -19.9. The van der Waals surface area contributed by atoms with Crippen molar-refractivity contribution in [2.75, 3.05) is 0 Å². The van der Waals surface area contributed by atoms with Gasteiger partial charge in [0.05, 0.1) is 44.5 Å². The van der Waals surface area contributed by atoms with Gasteiger partial charge in [0, 0.05) is 104 Å². The molecule has 680 valence electrons. The van der Waals surface area contributed by atoms with Crippen LogP contribution >= 0.6 is 0 Å². The van der Waals surface area contributed by atoms with E-state index in [2.05, 4.69) is 372 Å². The monoisotopic (exact) mass is 1870 g/mol. The molecule has 3 aliphatic carbocycles. The molecule has 147 heavy (non-hydrogen) atoms. The van der Waals surface area contributed by atoms with Gasteiger partial charge in [-0.25, -0.2) is 39.9 Å². The molecule has 0 fully saturated rings. The fourth-order valence-electron chi connectivity index (χ4n) is 23.7. The molecule has 0 N–H and O–H groups in total. The maximum Gasteiger partial charge on any atom is 0.235 e. The van der Waals surface area contributed by atoms with Gasteiger partial charge >= 0.3 is 0 Å². The summed E-state index contributed by atoms with van der Waals surface area (Å²) in [5, 5.41) is 23.0. The molecular formula is C136H81N11. The number of fused-ring (bicyclic) bond motifs is 15. The molecule has 0 amide bonds. The zero-order valence-corrected chi connectivity index (χ0v) is 79.2. The van der Waals surface area contributed by atoms with Crippen LogP contribution in [0.4, 0.5) is 0 Å². The van der Waals surface area contributed by atoms with E-state index >= 15 is 0 Å². The van der Waals surface area contributed by atoms with Crippen molar-refractivity contribution in [3.8, 4) is 175 Å². The molecule has 0 unspecified atom stereocenters. The van der Waals surface area contributed by atoms with Gasteiger partial charge in [-0.15, -0.1) is 0 Å². The molecule has 6 heterocycles. The molecule has 0 atom stereocenters. The Balaban J connectivity index is 0.000000102. The summed E-state index contributed by atoms with van der Waals surface area (Å²) in [4.78, 5) is 40.4. The summed E-state index contributed by atoms with van der Waals surface area (Å²) in [6, 6.07) is 175. The largest absolute Gasteiger partial charge is 0.309 e. The number of hydrogen-bond donors (Lipinski definition) is 0. The Morgan fingerprint density at radius 3 is 0.741 bits per heavy atom. The van der Waals surface area contributed by atoms with E-state index < -0.39 is 0 Å². The lowest BCUT2D eigenvalue weighted by atomic mass is 9.90. The molecule has 11 heteroatoms. The van der Waals surface area contributed by atoms with Gasteiger partial charge in [-0.2, -0.15) is 0 Å². The zero-order valence-electron chi connectivity index (χ0n) is 79.2. The molecule has 0 spiro atoms. The van der Waals surface area contributed by atoms with Crippen LogP contribution in [-0.4, -0.2) is 53.6 Å². The van der Waals surface area contributed by atoms with Crippen molar-refractivity contribution in [3.05, 3.63) is 491 Å². The van der Waals surface area contributed by atoms with Crippen molar-refractivity contribution in [1.82, 2.24) is 53.6 Å². The van der Waals surface area contributed by atoms with Gasteiger partial charge in [0.1, 0.15) is 0 Å². The highest BCUT2D eigenvalue weighted by molar-refractivity contribution is 6.37. The van der Waals surface area contributed by atoms with Crippen LogP contribution in [0.15, 0.2) is 491 Å². The second-order valence-electron chi connectivity index (χ2n) is 38.2. The minimum atomic E-state index is 0.639.